The van der Waals surface area contributed by atoms with E-state index in [0.717, 1.165) is 0 Å². The van der Waals surface area contributed by atoms with Gasteiger partial charge < -0.3 is 20.3 Å². The summed E-state index contributed by atoms with van der Waals surface area (Å²) in [6.45, 7) is 4.17. The molecule has 2 unspecified atom stereocenters. The monoisotopic (exact) mass is 267 g/mol. The van der Waals surface area contributed by atoms with Gasteiger partial charge in [0.1, 0.15) is 11.9 Å². The molecule has 0 aliphatic heterocycles. The topological polar surface area (TPSA) is 78.8 Å². The Morgan fingerprint density at radius 3 is 2.79 bits per heavy atom. The first-order chi connectivity index (χ1) is 9.04. The molecule has 1 aromatic carbocycles. The van der Waals surface area contributed by atoms with Crippen molar-refractivity contribution in [3.63, 3.8) is 0 Å². The summed E-state index contributed by atoms with van der Waals surface area (Å²) in [5.74, 6) is 0.508. The lowest BCUT2D eigenvalue weighted by Crippen LogP contribution is -2.27. The molecule has 106 valence electrons. The zero-order chi connectivity index (χ0) is 14.3. The van der Waals surface area contributed by atoms with E-state index >= 15 is 0 Å². The van der Waals surface area contributed by atoms with Crippen molar-refractivity contribution in [2.45, 2.75) is 32.5 Å². The van der Waals surface area contributed by atoms with Crippen LogP contribution in [0.2, 0.25) is 0 Å². The number of carbonyl (C=O) groups excluding carboxylic acids is 1. The molecule has 0 saturated heterocycles. The quantitative estimate of drug-likeness (QED) is 0.689. The second-order valence-corrected chi connectivity index (χ2v) is 4.29. The molecule has 0 spiro atoms. The zero-order valence-electron chi connectivity index (χ0n) is 11.3. The Labute approximate surface area is 113 Å². The predicted molar refractivity (Wildman–Crippen MR) is 71.9 cm³/mol. The van der Waals surface area contributed by atoms with Gasteiger partial charge in [0.05, 0.1) is 12.7 Å². The first-order valence-corrected chi connectivity index (χ1v) is 6.38. The lowest BCUT2D eigenvalue weighted by molar-refractivity contribution is -0.119. The van der Waals surface area contributed by atoms with Gasteiger partial charge in [0.15, 0.2) is 0 Å². The van der Waals surface area contributed by atoms with Gasteiger partial charge in [-0.25, -0.2) is 0 Å². The van der Waals surface area contributed by atoms with Crippen LogP contribution in [0.25, 0.3) is 0 Å². The molecule has 5 nitrogen and oxygen atoms in total. The van der Waals surface area contributed by atoms with Crippen LogP contribution in [0.1, 0.15) is 31.9 Å². The van der Waals surface area contributed by atoms with Crippen LogP contribution in [0.5, 0.6) is 5.75 Å². The van der Waals surface area contributed by atoms with E-state index in [0.29, 0.717) is 30.9 Å². The fourth-order valence-electron chi connectivity index (χ4n) is 1.73. The summed E-state index contributed by atoms with van der Waals surface area (Å²) >= 11 is 0. The predicted octanol–water partition coefficient (Wildman–Crippen LogP) is 1.01. The van der Waals surface area contributed by atoms with E-state index in [1.165, 1.54) is 6.92 Å². The number of hydrogen-bond acceptors (Lipinski definition) is 4. The van der Waals surface area contributed by atoms with Crippen molar-refractivity contribution >= 4 is 5.91 Å². The Morgan fingerprint density at radius 1 is 1.42 bits per heavy atom. The third-order valence-corrected chi connectivity index (χ3v) is 2.69. The van der Waals surface area contributed by atoms with Crippen LogP contribution in [-0.4, -0.2) is 35.4 Å². The van der Waals surface area contributed by atoms with Crippen molar-refractivity contribution in [2.75, 3.05) is 13.2 Å². The molecule has 1 aromatic rings. The van der Waals surface area contributed by atoms with Gasteiger partial charge >= 0.3 is 0 Å². The lowest BCUT2D eigenvalue weighted by atomic mass is 10.0. The van der Waals surface area contributed by atoms with Crippen molar-refractivity contribution in [1.82, 2.24) is 5.32 Å². The molecule has 3 N–H and O–H groups in total. The highest BCUT2D eigenvalue weighted by molar-refractivity contribution is 5.72. The van der Waals surface area contributed by atoms with Crippen LogP contribution in [0, 0.1) is 0 Å². The number of nitrogens with one attached hydrogen (secondary N) is 1. The summed E-state index contributed by atoms with van der Waals surface area (Å²) in [5, 5.41) is 22.5. The molecule has 19 heavy (non-hydrogen) atoms. The Bertz CT molecular complexity index is 408. The lowest BCUT2D eigenvalue weighted by Gasteiger charge is -2.18. The highest BCUT2D eigenvalue weighted by Crippen LogP contribution is 2.23. The minimum atomic E-state index is -0.992. The summed E-state index contributed by atoms with van der Waals surface area (Å²) in [4.78, 5) is 10.7. The third-order valence-electron chi connectivity index (χ3n) is 2.69. The number of rotatable bonds is 7. The van der Waals surface area contributed by atoms with Crippen LogP contribution in [0.15, 0.2) is 24.3 Å². The van der Waals surface area contributed by atoms with Crippen molar-refractivity contribution in [1.29, 1.82) is 0 Å². The number of benzene rings is 1. The number of aliphatic hydroxyl groups excluding tert-OH is 2. The van der Waals surface area contributed by atoms with Crippen molar-refractivity contribution in [3.8, 4) is 5.75 Å². The minimum absolute atomic E-state index is 0.153. The van der Waals surface area contributed by atoms with Gasteiger partial charge in [-0.3, -0.25) is 4.79 Å². The zero-order valence-corrected chi connectivity index (χ0v) is 11.3. The number of ether oxygens (including phenoxy) is 1. The van der Waals surface area contributed by atoms with E-state index in [2.05, 4.69) is 5.32 Å². The standard InChI is InChI=1S/C14H21NO4/c1-3-19-12-6-4-5-11(9-12)14(18)13(17)7-8-15-10(2)16/h4-6,9,13-14,17-18H,3,7-8H2,1-2H3,(H,15,16). The summed E-state index contributed by atoms with van der Waals surface area (Å²) < 4.78 is 5.34. The van der Waals surface area contributed by atoms with Gasteiger partial charge in [0.25, 0.3) is 0 Å². The molecule has 0 aromatic heterocycles. The molecule has 0 aliphatic rings. The number of aliphatic hydroxyl groups is 2. The summed E-state index contributed by atoms with van der Waals surface area (Å²) in [5.41, 5.74) is 0.598. The van der Waals surface area contributed by atoms with Crippen LogP contribution in [0.3, 0.4) is 0 Å². The van der Waals surface area contributed by atoms with Gasteiger partial charge in [0.2, 0.25) is 5.91 Å². The number of hydrogen-bond donors (Lipinski definition) is 3. The van der Waals surface area contributed by atoms with Crippen LogP contribution >= 0.6 is 0 Å². The smallest absolute Gasteiger partial charge is 0.216 e. The van der Waals surface area contributed by atoms with Gasteiger partial charge in [-0.2, -0.15) is 0 Å². The highest BCUT2D eigenvalue weighted by Gasteiger charge is 2.18. The molecular weight excluding hydrogens is 246 g/mol. The molecule has 0 fully saturated rings. The highest BCUT2D eigenvalue weighted by atomic mass is 16.5. The Kier molecular flexibility index (Phi) is 6.32. The maximum atomic E-state index is 10.7. The Hall–Kier alpha value is -1.59. The van der Waals surface area contributed by atoms with E-state index in [1.807, 2.05) is 6.92 Å². The normalized spacial score (nSPS) is 13.7. The first-order valence-electron chi connectivity index (χ1n) is 6.38. The molecular formula is C14H21NO4. The summed E-state index contributed by atoms with van der Waals surface area (Å²) in [6, 6.07) is 7.00. The van der Waals surface area contributed by atoms with Gasteiger partial charge in [0, 0.05) is 13.5 Å². The third kappa shape index (κ3) is 5.28. The van der Waals surface area contributed by atoms with E-state index < -0.39 is 12.2 Å². The van der Waals surface area contributed by atoms with Gasteiger partial charge in [-0.15, -0.1) is 0 Å². The minimum Gasteiger partial charge on any atom is -0.494 e. The van der Waals surface area contributed by atoms with E-state index in [4.69, 9.17) is 4.74 Å². The molecule has 0 radical (unpaired) electrons. The average molecular weight is 267 g/mol. The van der Waals surface area contributed by atoms with Gasteiger partial charge in [-0.1, -0.05) is 12.1 Å². The van der Waals surface area contributed by atoms with Crippen molar-refractivity contribution in [3.05, 3.63) is 29.8 Å². The fraction of sp³-hybridized carbons (Fsp3) is 0.500. The molecule has 1 rings (SSSR count). The molecule has 0 aliphatic carbocycles. The summed E-state index contributed by atoms with van der Waals surface area (Å²) in [6.07, 6.45) is -1.63. The summed E-state index contributed by atoms with van der Waals surface area (Å²) in [7, 11) is 0. The molecule has 2 atom stereocenters. The van der Waals surface area contributed by atoms with E-state index in [-0.39, 0.29) is 5.91 Å². The molecule has 0 bridgehead atoms. The number of carbonyl (C=O) groups is 1. The molecule has 0 saturated carbocycles. The van der Waals surface area contributed by atoms with E-state index in [9.17, 15) is 15.0 Å². The Morgan fingerprint density at radius 2 is 2.16 bits per heavy atom. The molecule has 5 heteroatoms. The van der Waals surface area contributed by atoms with Crippen molar-refractivity contribution in [2.24, 2.45) is 0 Å². The van der Waals surface area contributed by atoms with Crippen LogP contribution < -0.4 is 10.1 Å². The van der Waals surface area contributed by atoms with Gasteiger partial charge in [-0.05, 0) is 31.0 Å². The molecule has 1 amide bonds. The Balaban J connectivity index is 2.57. The average Bonchev–Trinajstić information content (AvgIpc) is 2.38. The molecule has 0 heterocycles. The SMILES string of the molecule is CCOc1cccc(C(O)C(O)CCNC(C)=O)c1. The van der Waals surface area contributed by atoms with Crippen LogP contribution in [0.4, 0.5) is 0 Å². The fourth-order valence-corrected chi connectivity index (χ4v) is 1.73. The largest absolute Gasteiger partial charge is 0.494 e. The first kappa shape index (κ1) is 15.5. The second kappa shape index (κ2) is 7.76. The maximum Gasteiger partial charge on any atom is 0.216 e. The number of amides is 1. The van der Waals surface area contributed by atoms with E-state index in [1.54, 1.807) is 24.3 Å². The van der Waals surface area contributed by atoms with Crippen molar-refractivity contribution < 1.29 is 19.7 Å². The second-order valence-electron chi connectivity index (χ2n) is 4.29. The maximum absolute atomic E-state index is 10.7. The van der Waals surface area contributed by atoms with Crippen LogP contribution in [-0.2, 0) is 4.79 Å².